The fourth-order valence-electron chi connectivity index (χ4n) is 3.20. The third kappa shape index (κ3) is 2.65. The lowest BCUT2D eigenvalue weighted by Gasteiger charge is -2.26. The molecule has 5 nitrogen and oxygen atoms in total. The Bertz CT molecular complexity index is 728. The zero-order chi connectivity index (χ0) is 15.8. The molecule has 2 fully saturated rings. The minimum atomic E-state index is 0.0926. The lowest BCUT2D eigenvalue weighted by molar-refractivity contribution is 0.0302. The Balaban J connectivity index is 1.74. The van der Waals surface area contributed by atoms with Crippen molar-refractivity contribution in [2.45, 2.75) is 25.7 Å². The Hall–Kier alpha value is -2.14. The van der Waals surface area contributed by atoms with Gasteiger partial charge in [-0.1, -0.05) is 18.2 Å². The molecular formula is C18H21N3O2. The number of para-hydroxylation sites is 1. The summed E-state index contributed by atoms with van der Waals surface area (Å²) in [5.41, 5.74) is 4.08. The lowest BCUT2D eigenvalue weighted by Crippen LogP contribution is -2.40. The molecule has 1 amide bonds. The maximum atomic E-state index is 12.9. The van der Waals surface area contributed by atoms with Gasteiger partial charge < -0.3 is 9.64 Å². The SMILES string of the molecule is Cc1ccccc1-n1ncc(C(=O)N2CCOCC2)c1C1CC1. The predicted molar refractivity (Wildman–Crippen MR) is 87.0 cm³/mol. The standard InChI is InChI=1S/C18H21N3O2/c1-13-4-2-3-5-16(13)21-17(14-6-7-14)15(12-19-21)18(22)20-8-10-23-11-9-20/h2-5,12,14H,6-11H2,1H3. The third-order valence-corrected chi connectivity index (χ3v) is 4.64. The average Bonchev–Trinajstić information content (AvgIpc) is 3.34. The Morgan fingerprint density at radius 2 is 1.96 bits per heavy atom. The second-order valence-corrected chi connectivity index (χ2v) is 6.32. The summed E-state index contributed by atoms with van der Waals surface area (Å²) in [6.45, 7) is 4.65. The Morgan fingerprint density at radius 3 is 2.65 bits per heavy atom. The van der Waals surface area contributed by atoms with Crippen LogP contribution in [-0.4, -0.2) is 46.9 Å². The second kappa shape index (κ2) is 5.81. The van der Waals surface area contributed by atoms with Crippen molar-refractivity contribution in [3.8, 4) is 5.69 Å². The van der Waals surface area contributed by atoms with E-state index in [0.29, 0.717) is 32.2 Å². The minimum absolute atomic E-state index is 0.0926. The number of carbonyl (C=O) groups is 1. The van der Waals surface area contributed by atoms with Crippen LogP contribution in [0.25, 0.3) is 5.69 Å². The minimum Gasteiger partial charge on any atom is -0.378 e. The van der Waals surface area contributed by atoms with Crippen LogP contribution in [0.15, 0.2) is 30.5 Å². The molecule has 0 bridgehead atoms. The van der Waals surface area contributed by atoms with Gasteiger partial charge in [0.15, 0.2) is 0 Å². The number of aryl methyl sites for hydroxylation is 1. The summed E-state index contributed by atoms with van der Waals surface area (Å²) in [5, 5.41) is 4.56. The molecule has 2 aliphatic rings. The number of aromatic nitrogens is 2. The normalized spacial score (nSPS) is 18.2. The van der Waals surface area contributed by atoms with E-state index in [4.69, 9.17) is 4.74 Å². The summed E-state index contributed by atoms with van der Waals surface area (Å²) in [4.78, 5) is 14.8. The van der Waals surface area contributed by atoms with Crippen LogP contribution in [0.1, 0.15) is 40.4 Å². The number of nitrogens with zero attached hydrogens (tertiary/aromatic N) is 3. The highest BCUT2D eigenvalue weighted by molar-refractivity contribution is 5.95. The van der Waals surface area contributed by atoms with Gasteiger partial charge in [0.05, 0.1) is 36.4 Å². The summed E-state index contributed by atoms with van der Waals surface area (Å²) < 4.78 is 7.32. The predicted octanol–water partition coefficient (Wildman–Crippen LogP) is 2.53. The fourth-order valence-corrected chi connectivity index (χ4v) is 3.20. The van der Waals surface area contributed by atoms with Crippen molar-refractivity contribution in [1.29, 1.82) is 0 Å². The zero-order valence-corrected chi connectivity index (χ0v) is 13.4. The molecule has 1 saturated heterocycles. The molecule has 1 saturated carbocycles. The van der Waals surface area contributed by atoms with Gasteiger partial charge in [0.1, 0.15) is 0 Å². The number of ether oxygens (including phenoxy) is 1. The highest BCUT2D eigenvalue weighted by Gasteiger charge is 2.34. The van der Waals surface area contributed by atoms with Crippen LogP contribution >= 0.6 is 0 Å². The van der Waals surface area contributed by atoms with E-state index in [1.807, 2.05) is 21.7 Å². The van der Waals surface area contributed by atoms with E-state index in [-0.39, 0.29) is 5.91 Å². The number of rotatable bonds is 3. The molecule has 0 atom stereocenters. The molecule has 0 radical (unpaired) electrons. The van der Waals surface area contributed by atoms with Crippen LogP contribution in [0.5, 0.6) is 0 Å². The van der Waals surface area contributed by atoms with Crippen LogP contribution < -0.4 is 0 Å². The smallest absolute Gasteiger partial charge is 0.257 e. The Labute approximate surface area is 135 Å². The molecule has 1 aromatic carbocycles. The monoisotopic (exact) mass is 311 g/mol. The number of amides is 1. The van der Waals surface area contributed by atoms with Crippen molar-refractivity contribution < 1.29 is 9.53 Å². The molecule has 2 aromatic rings. The van der Waals surface area contributed by atoms with Gasteiger partial charge in [0.2, 0.25) is 0 Å². The first-order valence-electron chi connectivity index (χ1n) is 8.26. The molecule has 2 heterocycles. The van der Waals surface area contributed by atoms with Crippen molar-refractivity contribution in [1.82, 2.24) is 14.7 Å². The first kappa shape index (κ1) is 14.5. The van der Waals surface area contributed by atoms with E-state index in [2.05, 4.69) is 24.2 Å². The molecule has 23 heavy (non-hydrogen) atoms. The highest BCUT2D eigenvalue weighted by atomic mass is 16.5. The molecule has 120 valence electrons. The van der Waals surface area contributed by atoms with Crippen LogP contribution in [0.4, 0.5) is 0 Å². The van der Waals surface area contributed by atoms with E-state index in [9.17, 15) is 4.79 Å². The van der Waals surface area contributed by atoms with Crippen LogP contribution in [-0.2, 0) is 4.74 Å². The van der Waals surface area contributed by atoms with Gasteiger partial charge in [-0.25, -0.2) is 4.68 Å². The fraction of sp³-hybridized carbons (Fsp3) is 0.444. The second-order valence-electron chi connectivity index (χ2n) is 6.32. The summed E-state index contributed by atoms with van der Waals surface area (Å²) in [5.74, 6) is 0.548. The molecule has 4 rings (SSSR count). The summed E-state index contributed by atoms with van der Waals surface area (Å²) in [6, 6.07) is 8.19. The van der Waals surface area contributed by atoms with E-state index in [1.165, 1.54) is 5.56 Å². The molecular weight excluding hydrogens is 290 g/mol. The van der Waals surface area contributed by atoms with Crippen molar-refractivity contribution in [2.75, 3.05) is 26.3 Å². The Morgan fingerprint density at radius 1 is 1.22 bits per heavy atom. The number of hydrogen-bond acceptors (Lipinski definition) is 3. The molecule has 1 aliphatic carbocycles. The lowest BCUT2D eigenvalue weighted by atomic mass is 10.1. The van der Waals surface area contributed by atoms with Gasteiger partial charge in [-0.15, -0.1) is 0 Å². The van der Waals surface area contributed by atoms with E-state index >= 15 is 0 Å². The van der Waals surface area contributed by atoms with Gasteiger partial charge in [0.25, 0.3) is 5.91 Å². The maximum absolute atomic E-state index is 12.9. The Kier molecular flexibility index (Phi) is 3.65. The van der Waals surface area contributed by atoms with E-state index < -0.39 is 0 Å². The molecule has 0 unspecified atom stereocenters. The zero-order valence-electron chi connectivity index (χ0n) is 13.4. The maximum Gasteiger partial charge on any atom is 0.257 e. The first-order chi connectivity index (χ1) is 11.3. The van der Waals surface area contributed by atoms with Crippen molar-refractivity contribution in [3.05, 3.63) is 47.3 Å². The van der Waals surface area contributed by atoms with Gasteiger partial charge in [-0.05, 0) is 31.4 Å². The molecule has 5 heteroatoms. The van der Waals surface area contributed by atoms with Crippen molar-refractivity contribution >= 4 is 5.91 Å². The van der Waals surface area contributed by atoms with Crippen LogP contribution in [0, 0.1) is 6.92 Å². The molecule has 0 N–H and O–H groups in total. The topological polar surface area (TPSA) is 47.4 Å². The van der Waals surface area contributed by atoms with Gasteiger partial charge in [-0.2, -0.15) is 5.10 Å². The van der Waals surface area contributed by atoms with E-state index in [1.54, 1.807) is 6.20 Å². The number of morpholine rings is 1. The third-order valence-electron chi connectivity index (χ3n) is 4.64. The summed E-state index contributed by atoms with van der Waals surface area (Å²) in [6.07, 6.45) is 4.03. The molecule has 1 aliphatic heterocycles. The van der Waals surface area contributed by atoms with Crippen molar-refractivity contribution in [2.24, 2.45) is 0 Å². The van der Waals surface area contributed by atoms with Gasteiger partial charge >= 0.3 is 0 Å². The molecule has 0 spiro atoms. The van der Waals surface area contributed by atoms with E-state index in [0.717, 1.165) is 29.8 Å². The molecule has 1 aromatic heterocycles. The van der Waals surface area contributed by atoms with Gasteiger partial charge in [-0.3, -0.25) is 4.79 Å². The quantitative estimate of drug-likeness (QED) is 0.875. The average molecular weight is 311 g/mol. The summed E-state index contributed by atoms with van der Waals surface area (Å²) in [7, 11) is 0. The highest BCUT2D eigenvalue weighted by Crippen LogP contribution is 2.43. The summed E-state index contributed by atoms with van der Waals surface area (Å²) >= 11 is 0. The first-order valence-corrected chi connectivity index (χ1v) is 8.26. The number of carbonyl (C=O) groups excluding carboxylic acids is 1. The number of benzene rings is 1. The van der Waals surface area contributed by atoms with Crippen LogP contribution in [0.3, 0.4) is 0 Å². The largest absolute Gasteiger partial charge is 0.378 e. The van der Waals surface area contributed by atoms with Crippen molar-refractivity contribution in [3.63, 3.8) is 0 Å². The number of hydrogen-bond donors (Lipinski definition) is 0. The van der Waals surface area contributed by atoms with Gasteiger partial charge in [0, 0.05) is 19.0 Å². The van der Waals surface area contributed by atoms with Crippen LogP contribution in [0.2, 0.25) is 0 Å².